The van der Waals surface area contributed by atoms with Gasteiger partial charge in [0.1, 0.15) is 6.10 Å². The van der Waals surface area contributed by atoms with Crippen molar-refractivity contribution in [3.8, 4) is 0 Å². The second-order valence-corrected chi connectivity index (χ2v) is 4.82. The second kappa shape index (κ2) is 5.49. The molecule has 0 bridgehead atoms. The quantitative estimate of drug-likeness (QED) is 0.779. The average molecular weight is 241 g/mol. The lowest BCUT2D eigenvalue weighted by Gasteiger charge is -2.34. The Labute approximate surface area is 101 Å². The molecule has 0 radical (unpaired) electrons. The molecule has 0 aromatic rings. The third kappa shape index (κ3) is 2.97. The number of carboxylic acid groups (broad SMARTS) is 1. The molecule has 2 heterocycles. The van der Waals surface area contributed by atoms with E-state index in [1.54, 1.807) is 4.90 Å². The maximum absolute atomic E-state index is 12.1. The molecular weight excluding hydrogens is 222 g/mol. The Kier molecular flexibility index (Phi) is 3.99. The first kappa shape index (κ1) is 12.4. The maximum atomic E-state index is 12.1. The van der Waals surface area contributed by atoms with Gasteiger partial charge in [-0.15, -0.1) is 0 Å². The topological polar surface area (TPSA) is 66.8 Å². The highest BCUT2D eigenvalue weighted by atomic mass is 16.5. The van der Waals surface area contributed by atoms with Crippen LogP contribution >= 0.6 is 0 Å². The molecule has 5 nitrogen and oxygen atoms in total. The number of nitrogens with zero attached hydrogens (tertiary/aromatic N) is 1. The van der Waals surface area contributed by atoms with Gasteiger partial charge >= 0.3 is 5.97 Å². The zero-order chi connectivity index (χ0) is 12.3. The van der Waals surface area contributed by atoms with E-state index >= 15 is 0 Å². The summed E-state index contributed by atoms with van der Waals surface area (Å²) in [5.41, 5.74) is 0. The normalized spacial score (nSPS) is 30.0. The van der Waals surface area contributed by atoms with E-state index in [0.717, 1.165) is 25.7 Å². The van der Waals surface area contributed by atoms with Crippen LogP contribution in [0.2, 0.25) is 0 Å². The zero-order valence-corrected chi connectivity index (χ0v) is 9.93. The number of carbonyl (C=O) groups is 2. The van der Waals surface area contributed by atoms with Crippen LogP contribution in [0.5, 0.6) is 0 Å². The summed E-state index contributed by atoms with van der Waals surface area (Å²) in [5, 5.41) is 8.98. The molecule has 0 aliphatic carbocycles. The Morgan fingerprint density at radius 3 is 2.65 bits per heavy atom. The van der Waals surface area contributed by atoms with E-state index in [2.05, 4.69) is 0 Å². The van der Waals surface area contributed by atoms with Gasteiger partial charge in [0.05, 0.1) is 5.92 Å². The summed E-state index contributed by atoms with van der Waals surface area (Å²) in [5.74, 6) is -1.22. The van der Waals surface area contributed by atoms with E-state index in [1.807, 2.05) is 0 Å². The Hall–Kier alpha value is -1.10. The predicted molar refractivity (Wildman–Crippen MR) is 60.5 cm³/mol. The van der Waals surface area contributed by atoms with Gasteiger partial charge in [-0.05, 0) is 32.1 Å². The van der Waals surface area contributed by atoms with Gasteiger partial charge < -0.3 is 14.7 Å². The molecular formula is C12H19NO4. The largest absolute Gasteiger partial charge is 0.481 e. The fourth-order valence-corrected chi connectivity index (χ4v) is 2.52. The maximum Gasteiger partial charge on any atom is 0.308 e. The minimum Gasteiger partial charge on any atom is -0.481 e. The molecule has 2 aliphatic heterocycles. The van der Waals surface area contributed by atoms with E-state index in [1.165, 1.54) is 0 Å². The lowest BCUT2D eigenvalue weighted by molar-refractivity contribution is -0.152. The molecule has 1 amide bonds. The van der Waals surface area contributed by atoms with Gasteiger partial charge in [-0.2, -0.15) is 0 Å². The van der Waals surface area contributed by atoms with Crippen molar-refractivity contribution >= 4 is 11.9 Å². The predicted octanol–water partition coefficient (Wildman–Crippen LogP) is 0.879. The molecule has 2 fully saturated rings. The van der Waals surface area contributed by atoms with Gasteiger partial charge in [0.2, 0.25) is 0 Å². The van der Waals surface area contributed by atoms with E-state index in [-0.39, 0.29) is 12.0 Å². The Morgan fingerprint density at radius 1 is 1.18 bits per heavy atom. The minimum absolute atomic E-state index is 0.0179. The van der Waals surface area contributed by atoms with E-state index in [4.69, 9.17) is 9.84 Å². The summed E-state index contributed by atoms with van der Waals surface area (Å²) in [6.45, 7) is 1.66. The number of likely N-dealkylation sites (tertiary alicyclic amines) is 1. The zero-order valence-electron chi connectivity index (χ0n) is 9.93. The third-order valence-corrected chi connectivity index (χ3v) is 3.54. The molecule has 0 saturated carbocycles. The molecule has 0 spiro atoms. The number of carbonyl (C=O) groups excluding carboxylic acids is 1. The molecule has 2 atom stereocenters. The molecule has 5 heteroatoms. The molecule has 2 aliphatic rings. The highest BCUT2D eigenvalue weighted by Gasteiger charge is 2.32. The minimum atomic E-state index is -0.799. The summed E-state index contributed by atoms with van der Waals surface area (Å²) in [6.07, 6.45) is 3.91. The first-order valence-electron chi connectivity index (χ1n) is 6.31. The monoisotopic (exact) mass is 241 g/mol. The fourth-order valence-electron chi connectivity index (χ4n) is 2.52. The van der Waals surface area contributed by atoms with Crippen molar-refractivity contribution in [3.05, 3.63) is 0 Å². The first-order chi connectivity index (χ1) is 8.18. The Morgan fingerprint density at radius 2 is 2.00 bits per heavy atom. The van der Waals surface area contributed by atoms with Gasteiger partial charge in [0.15, 0.2) is 0 Å². The van der Waals surface area contributed by atoms with Crippen LogP contribution in [-0.2, 0) is 14.3 Å². The highest BCUT2D eigenvalue weighted by Crippen LogP contribution is 2.21. The number of amides is 1. The standard InChI is InChI=1S/C12H19NO4/c14-11(10-5-1-2-7-17-10)13-6-3-4-9(8-13)12(15)16/h9-10H,1-8H2,(H,15,16)/t9-,10?/m0/s1. The average Bonchev–Trinajstić information content (AvgIpc) is 2.39. The SMILES string of the molecule is O=C(O)[C@H]1CCCN(C(=O)C2CCCCO2)C1. The van der Waals surface area contributed by atoms with Crippen LogP contribution < -0.4 is 0 Å². The molecule has 17 heavy (non-hydrogen) atoms. The van der Waals surface area contributed by atoms with E-state index in [9.17, 15) is 9.59 Å². The fraction of sp³-hybridized carbons (Fsp3) is 0.833. The molecule has 2 saturated heterocycles. The van der Waals surface area contributed by atoms with Crippen molar-refractivity contribution in [1.82, 2.24) is 4.90 Å². The summed E-state index contributed by atoms with van der Waals surface area (Å²) in [7, 11) is 0. The molecule has 1 N–H and O–H groups in total. The van der Waals surface area contributed by atoms with Crippen molar-refractivity contribution in [2.45, 2.75) is 38.2 Å². The van der Waals surface area contributed by atoms with Crippen molar-refractivity contribution in [2.75, 3.05) is 19.7 Å². The van der Waals surface area contributed by atoms with E-state index in [0.29, 0.717) is 26.1 Å². The lowest BCUT2D eigenvalue weighted by atomic mass is 9.97. The highest BCUT2D eigenvalue weighted by molar-refractivity contribution is 5.82. The van der Waals surface area contributed by atoms with Crippen molar-refractivity contribution in [2.24, 2.45) is 5.92 Å². The second-order valence-electron chi connectivity index (χ2n) is 4.82. The van der Waals surface area contributed by atoms with Crippen molar-refractivity contribution in [1.29, 1.82) is 0 Å². The summed E-state index contributed by atoms with van der Waals surface area (Å²) < 4.78 is 5.45. The number of piperidine rings is 1. The summed E-state index contributed by atoms with van der Waals surface area (Å²) >= 11 is 0. The number of ether oxygens (including phenoxy) is 1. The summed E-state index contributed by atoms with van der Waals surface area (Å²) in [6, 6.07) is 0. The lowest BCUT2D eigenvalue weighted by Crippen LogP contribution is -2.47. The smallest absolute Gasteiger partial charge is 0.308 e. The number of aliphatic carboxylic acids is 1. The Balaban J connectivity index is 1.91. The molecule has 0 aromatic carbocycles. The van der Waals surface area contributed by atoms with Gasteiger partial charge in [0.25, 0.3) is 5.91 Å². The first-order valence-corrected chi connectivity index (χ1v) is 6.31. The number of rotatable bonds is 2. The number of carboxylic acids is 1. The van der Waals surface area contributed by atoms with Crippen LogP contribution in [-0.4, -0.2) is 47.7 Å². The van der Waals surface area contributed by atoms with Crippen LogP contribution in [0.4, 0.5) is 0 Å². The molecule has 96 valence electrons. The van der Waals surface area contributed by atoms with Crippen LogP contribution in [0.3, 0.4) is 0 Å². The van der Waals surface area contributed by atoms with Crippen molar-refractivity contribution in [3.63, 3.8) is 0 Å². The van der Waals surface area contributed by atoms with Gasteiger partial charge in [-0.25, -0.2) is 0 Å². The van der Waals surface area contributed by atoms with Crippen LogP contribution in [0.25, 0.3) is 0 Å². The number of hydrogen-bond donors (Lipinski definition) is 1. The molecule has 1 unspecified atom stereocenters. The van der Waals surface area contributed by atoms with E-state index < -0.39 is 11.9 Å². The third-order valence-electron chi connectivity index (χ3n) is 3.54. The number of hydrogen-bond acceptors (Lipinski definition) is 3. The van der Waals surface area contributed by atoms with Crippen molar-refractivity contribution < 1.29 is 19.4 Å². The molecule has 2 rings (SSSR count). The Bertz CT molecular complexity index is 299. The molecule has 0 aromatic heterocycles. The summed E-state index contributed by atoms with van der Waals surface area (Å²) in [4.78, 5) is 24.7. The van der Waals surface area contributed by atoms with Gasteiger partial charge in [-0.3, -0.25) is 9.59 Å². The van der Waals surface area contributed by atoms with Gasteiger partial charge in [0, 0.05) is 19.7 Å². The van der Waals surface area contributed by atoms with Crippen LogP contribution in [0.15, 0.2) is 0 Å². The van der Waals surface area contributed by atoms with Crippen LogP contribution in [0.1, 0.15) is 32.1 Å². The van der Waals surface area contributed by atoms with Gasteiger partial charge in [-0.1, -0.05) is 0 Å². The van der Waals surface area contributed by atoms with Crippen LogP contribution in [0, 0.1) is 5.92 Å².